The van der Waals surface area contributed by atoms with E-state index in [1.807, 2.05) is 0 Å². The summed E-state index contributed by atoms with van der Waals surface area (Å²) in [6.07, 6.45) is 0. The molecule has 0 amide bonds. The lowest BCUT2D eigenvalue weighted by Crippen LogP contribution is -1.38. The summed E-state index contributed by atoms with van der Waals surface area (Å²) in [6.45, 7) is 0. The van der Waals surface area contributed by atoms with E-state index < -0.39 is 0 Å². The molecular formula is I2S3. The summed E-state index contributed by atoms with van der Waals surface area (Å²) in [7, 11) is 1.46. The van der Waals surface area contributed by atoms with Crippen LogP contribution in [0.15, 0.2) is 0 Å². The van der Waals surface area contributed by atoms with Crippen molar-refractivity contribution in [1.29, 1.82) is 0 Å². The van der Waals surface area contributed by atoms with E-state index in [2.05, 4.69) is 53.6 Å². The Morgan fingerprint density at radius 2 is 1.80 bits per heavy atom. The third-order valence-corrected chi connectivity index (χ3v) is 9.32. The zero-order valence-electron chi connectivity index (χ0n) is 1.98. The number of hydrogen-bond acceptors (Lipinski definition) is 1. The van der Waals surface area contributed by atoms with Crippen molar-refractivity contribution in [3.8, 4) is 0 Å². The first kappa shape index (κ1) is 7.25. The lowest BCUT2D eigenvalue weighted by molar-refractivity contribution is 6.29. The maximum atomic E-state index is 4.59. The highest BCUT2D eigenvalue weighted by molar-refractivity contribution is 14.3. The van der Waals surface area contributed by atoms with Crippen molar-refractivity contribution >= 4 is 66.3 Å². The van der Waals surface area contributed by atoms with E-state index in [9.17, 15) is 0 Å². The molecule has 0 radical (unpaired) electrons. The van der Waals surface area contributed by atoms with Gasteiger partial charge in [0, 0.05) is 46.2 Å². The average molecular weight is 350 g/mol. The van der Waals surface area contributed by atoms with Crippen molar-refractivity contribution in [2.75, 3.05) is 0 Å². The van der Waals surface area contributed by atoms with Crippen molar-refractivity contribution < 1.29 is 0 Å². The van der Waals surface area contributed by atoms with Gasteiger partial charge in [-0.3, -0.25) is 0 Å². The number of rotatable bonds is 0. The molecule has 5 heavy (non-hydrogen) atoms. The second-order valence-corrected chi connectivity index (χ2v) is 17.3. The largest absolute Gasteiger partial charge is 0.0257 e. The van der Waals surface area contributed by atoms with Crippen LogP contribution in [-0.4, -0.2) is 0 Å². The molecule has 0 aromatic carbocycles. The zero-order chi connectivity index (χ0) is 4.28. The monoisotopic (exact) mass is 350 g/mol. The van der Waals surface area contributed by atoms with E-state index in [4.69, 9.17) is 0 Å². The summed E-state index contributed by atoms with van der Waals surface area (Å²) in [5, 5.41) is 0. The molecule has 0 aromatic rings. The molecule has 0 rings (SSSR count). The smallest absolute Gasteiger partial charge is 0.0122 e. The van der Waals surface area contributed by atoms with Crippen molar-refractivity contribution in [2.45, 2.75) is 0 Å². The van der Waals surface area contributed by atoms with E-state index in [0.29, 0.717) is 3.80 Å². The van der Waals surface area contributed by atoms with Gasteiger partial charge in [0.1, 0.15) is 0 Å². The first-order chi connectivity index (χ1) is 2.27. The summed E-state index contributed by atoms with van der Waals surface area (Å²) in [4.78, 5) is 0. The van der Waals surface area contributed by atoms with Gasteiger partial charge in [-0.15, -0.1) is 0 Å². The van der Waals surface area contributed by atoms with Crippen LogP contribution in [0, 0.1) is 0 Å². The van der Waals surface area contributed by atoms with Gasteiger partial charge >= 0.3 is 0 Å². The van der Waals surface area contributed by atoms with Crippen molar-refractivity contribution in [3.63, 3.8) is 0 Å². The maximum absolute atomic E-state index is 4.59. The quantitative estimate of drug-likeness (QED) is 0.474. The Labute approximate surface area is 65.1 Å². The fraction of sp³-hybridized carbons (Fsp3) is 0. The molecule has 0 saturated heterocycles. The van der Waals surface area contributed by atoms with Crippen molar-refractivity contribution in [2.24, 2.45) is 0 Å². The van der Waals surface area contributed by atoms with Crippen LogP contribution in [0.1, 0.15) is 0 Å². The third-order valence-electron chi connectivity index (χ3n) is 0.0514. The van der Waals surface area contributed by atoms with Crippen molar-refractivity contribution in [1.82, 2.24) is 0 Å². The topological polar surface area (TPSA) is 0 Å². The first-order valence-electron chi connectivity index (χ1n) is 0.642. The number of halogens is 2. The van der Waals surface area contributed by atoms with Gasteiger partial charge in [-0.25, -0.2) is 0 Å². The molecule has 0 saturated carbocycles. The van der Waals surface area contributed by atoms with Crippen LogP contribution in [0.3, 0.4) is 0 Å². The SMILES string of the molecule is S=S=S(I)I. The minimum absolute atomic E-state index is 0.349. The van der Waals surface area contributed by atoms with E-state index in [-0.39, 0.29) is 0 Å². The van der Waals surface area contributed by atoms with Crippen LogP contribution in [0.25, 0.3) is 0 Å². The molecule has 0 aliphatic heterocycles. The van der Waals surface area contributed by atoms with Gasteiger partial charge in [-0.05, 0) is 20.1 Å². The standard InChI is InChI=1S/I2S3/c1-5(2)4-3. The highest BCUT2D eigenvalue weighted by atomic mass is 127. The Morgan fingerprint density at radius 3 is 1.80 bits per heavy atom. The molecule has 0 bridgehead atoms. The molecule has 32 valence electrons. The molecule has 0 aliphatic rings. The lowest BCUT2D eigenvalue weighted by Gasteiger charge is -1.61. The molecule has 0 aliphatic carbocycles. The molecule has 0 atom stereocenters. The molecule has 0 fully saturated rings. The molecule has 0 spiro atoms. The summed E-state index contributed by atoms with van der Waals surface area (Å²) in [5.41, 5.74) is 0. The van der Waals surface area contributed by atoms with Crippen LogP contribution in [0.4, 0.5) is 0 Å². The highest BCUT2D eigenvalue weighted by Crippen LogP contribution is 2.03. The molecular weight excluding hydrogens is 350 g/mol. The Morgan fingerprint density at radius 1 is 1.60 bits per heavy atom. The maximum Gasteiger partial charge on any atom is 0.0122 e. The minimum Gasteiger partial charge on any atom is -0.0257 e. The summed E-state index contributed by atoms with van der Waals surface area (Å²) >= 11 is 9.15. The first-order valence-corrected chi connectivity index (χ1v) is 9.21. The van der Waals surface area contributed by atoms with Crippen LogP contribution in [0.5, 0.6) is 0 Å². The Hall–Kier alpha value is 2.25. The van der Waals surface area contributed by atoms with Crippen LogP contribution in [-0.2, 0) is 23.9 Å². The van der Waals surface area contributed by atoms with E-state index in [1.165, 1.54) is 8.88 Å². The fourth-order valence-electron chi connectivity index (χ4n) is 0. The van der Waals surface area contributed by atoms with Crippen LogP contribution in [0.2, 0.25) is 0 Å². The predicted molar refractivity (Wildman–Crippen MR) is 50.1 cm³/mol. The van der Waals surface area contributed by atoms with Gasteiger partial charge < -0.3 is 0 Å². The normalized spacial score (nSPS) is 8.60. The molecule has 0 aromatic heterocycles. The van der Waals surface area contributed by atoms with E-state index in [0.717, 1.165) is 0 Å². The summed E-state index contributed by atoms with van der Waals surface area (Å²) < 4.78 is 0.349. The molecule has 0 unspecified atom stereocenters. The molecule has 5 heteroatoms. The zero-order valence-corrected chi connectivity index (χ0v) is 8.75. The van der Waals surface area contributed by atoms with Gasteiger partial charge in [0.2, 0.25) is 0 Å². The second-order valence-electron chi connectivity index (χ2n) is 0.252. The van der Waals surface area contributed by atoms with Crippen LogP contribution >= 0.6 is 42.4 Å². The second kappa shape index (κ2) is 4.41. The predicted octanol–water partition coefficient (Wildman–Crippen LogP) is 1.76. The fourth-order valence-corrected chi connectivity index (χ4v) is 0. The average Bonchev–Trinajstić information content (AvgIpc) is 1.38. The van der Waals surface area contributed by atoms with Gasteiger partial charge in [-0.1, -0.05) is 0 Å². The molecule has 0 N–H and O–H groups in total. The number of hydrogen-bond donors (Lipinski definition) is 0. The van der Waals surface area contributed by atoms with E-state index in [1.54, 1.807) is 0 Å². The summed E-state index contributed by atoms with van der Waals surface area (Å²) in [6, 6.07) is 0. The van der Waals surface area contributed by atoms with Gasteiger partial charge in [0.15, 0.2) is 0 Å². The molecule has 0 nitrogen and oxygen atoms in total. The Kier molecular flexibility index (Phi) is 6.39. The third kappa shape index (κ3) is 6.25. The Bertz CT molecular complexity index is 65.0. The minimum atomic E-state index is 0.349. The van der Waals surface area contributed by atoms with Gasteiger partial charge in [0.05, 0.1) is 0 Å². The van der Waals surface area contributed by atoms with Crippen molar-refractivity contribution in [3.05, 3.63) is 0 Å². The van der Waals surface area contributed by atoms with Gasteiger partial charge in [-0.2, -0.15) is 0 Å². The molecule has 0 heterocycles. The summed E-state index contributed by atoms with van der Waals surface area (Å²) in [5.74, 6) is 0. The van der Waals surface area contributed by atoms with Gasteiger partial charge in [0.25, 0.3) is 0 Å². The van der Waals surface area contributed by atoms with E-state index >= 15 is 0 Å². The lowest BCUT2D eigenvalue weighted by atomic mass is 31.1. The Balaban J connectivity index is 3.60. The van der Waals surface area contributed by atoms with Crippen LogP contribution < -0.4 is 0 Å². The highest BCUT2D eigenvalue weighted by Gasteiger charge is 1.62.